The molecule has 0 aliphatic carbocycles. The summed E-state index contributed by atoms with van der Waals surface area (Å²) in [6.45, 7) is -0.993. The van der Waals surface area contributed by atoms with Crippen LogP contribution in [0.4, 0.5) is 5.82 Å². The van der Waals surface area contributed by atoms with E-state index < -0.39 is 69.5 Å². The van der Waals surface area contributed by atoms with Gasteiger partial charge in [-0.2, -0.15) is 0 Å². The third-order valence-electron chi connectivity index (χ3n) is 5.03. The fraction of sp³-hybridized carbons (Fsp3) is 0.667. The van der Waals surface area contributed by atoms with Crippen molar-refractivity contribution < 1.29 is 54.5 Å². The number of hydrogen-bond acceptors (Lipinski definition) is 13. The van der Waals surface area contributed by atoms with Crippen molar-refractivity contribution in [3.05, 3.63) is 12.7 Å². The van der Waals surface area contributed by atoms with Gasteiger partial charge in [-0.3, -0.25) is 9.13 Å². The van der Waals surface area contributed by atoms with Crippen molar-refractivity contribution in [3.8, 4) is 0 Å². The first-order valence-corrected chi connectivity index (χ1v) is 10.9. The molecule has 4 rings (SSSR count). The first-order chi connectivity index (χ1) is 15.0. The molecule has 0 saturated carbocycles. The normalized spacial score (nSPS) is 35.1. The van der Waals surface area contributed by atoms with Crippen LogP contribution >= 0.6 is 7.60 Å². The molecule has 180 valence electrons. The molecule has 0 radical (unpaired) electrons. The molecule has 0 amide bonds. The fourth-order valence-electron chi connectivity index (χ4n) is 3.32. The van der Waals surface area contributed by atoms with Crippen LogP contribution in [-0.2, 0) is 14.0 Å². The predicted octanol–water partition coefficient (Wildman–Crippen LogP) is -4.38. The molecule has 2 aromatic rings. The van der Waals surface area contributed by atoms with Crippen LogP contribution in [0.15, 0.2) is 12.7 Å². The van der Waals surface area contributed by atoms with Crippen LogP contribution in [0.25, 0.3) is 11.2 Å². The molecule has 17 heteroatoms. The van der Waals surface area contributed by atoms with E-state index in [-0.39, 0.29) is 5.82 Å². The van der Waals surface area contributed by atoms with Gasteiger partial charge < -0.3 is 55.6 Å². The summed E-state index contributed by atoms with van der Waals surface area (Å²) >= 11 is 0. The Morgan fingerprint density at radius 2 is 1.53 bits per heavy atom. The monoisotopic (exact) mass is 481 g/mol. The molecule has 8 atom stereocenters. The highest BCUT2D eigenvalue weighted by molar-refractivity contribution is 7.52. The lowest BCUT2D eigenvalue weighted by Gasteiger charge is -2.16. The summed E-state index contributed by atoms with van der Waals surface area (Å²) < 4.78 is 22.1. The standard InChI is InChI=1S/C10H13N5O4.C5H11O7P/c11-8-5-9(13-2-12-8)15(3-14-5)10-7(18)6(17)4(1-16)19-10;6-1-2-3(7)4(8)5(12-2)13(9,10)11/h2-4,6-7,10,16-18H,1H2,(H2,11,12,13);2-8H,1H2,(H2,9,10,11)/t4-,6-,7-,10-;2-,3-,4-,5?/m11/s1. The lowest BCUT2D eigenvalue weighted by atomic mass is 10.1. The van der Waals surface area contributed by atoms with Crippen LogP contribution in [-0.4, -0.2) is 116 Å². The van der Waals surface area contributed by atoms with Gasteiger partial charge in [0.15, 0.2) is 23.5 Å². The molecule has 2 saturated heterocycles. The highest BCUT2D eigenvalue weighted by Gasteiger charge is 2.50. The zero-order chi connectivity index (χ0) is 23.8. The number of rotatable bonds is 4. The lowest BCUT2D eigenvalue weighted by molar-refractivity contribution is -0.0511. The van der Waals surface area contributed by atoms with Gasteiger partial charge in [-0.1, -0.05) is 0 Å². The van der Waals surface area contributed by atoms with E-state index in [4.69, 9.17) is 40.7 Å². The molecule has 2 aromatic heterocycles. The number of aromatic nitrogens is 4. The number of hydrogen-bond donors (Lipinski definition) is 9. The summed E-state index contributed by atoms with van der Waals surface area (Å²) in [7, 11) is -4.60. The van der Waals surface area contributed by atoms with Gasteiger partial charge >= 0.3 is 7.60 Å². The van der Waals surface area contributed by atoms with Crippen LogP contribution in [0, 0.1) is 0 Å². The number of nitrogens with two attached hydrogens (primary N) is 1. The van der Waals surface area contributed by atoms with Crippen molar-refractivity contribution in [1.29, 1.82) is 0 Å². The number of imidazole rings is 1. The topological polar surface area (TPSA) is 267 Å². The highest BCUT2D eigenvalue weighted by Crippen LogP contribution is 2.48. The van der Waals surface area contributed by atoms with Gasteiger partial charge in [-0.05, 0) is 0 Å². The van der Waals surface area contributed by atoms with Crippen molar-refractivity contribution in [2.75, 3.05) is 18.9 Å². The maximum Gasteiger partial charge on any atom is 0.356 e. The number of nitrogens with zero attached hydrogens (tertiary/aromatic N) is 4. The average molecular weight is 481 g/mol. The van der Waals surface area contributed by atoms with Crippen LogP contribution in [0.5, 0.6) is 0 Å². The van der Waals surface area contributed by atoms with E-state index in [2.05, 4.69) is 19.7 Å². The molecular formula is C15H24N5O11P. The SMILES string of the molecule is Nc1ncnc2c1ncn2[C@@H]1O[C@H](CO)[C@@H](O)[C@H]1O.O=P(O)(O)C1O[C@H](CO)[C@@H](O)[C@H]1O. The number of anilines is 1. The van der Waals surface area contributed by atoms with E-state index in [9.17, 15) is 14.8 Å². The Labute approximate surface area is 179 Å². The Balaban J connectivity index is 0.000000195. The second kappa shape index (κ2) is 9.58. The zero-order valence-electron chi connectivity index (χ0n) is 16.3. The predicted molar refractivity (Wildman–Crippen MR) is 103 cm³/mol. The minimum Gasteiger partial charge on any atom is -0.394 e. The van der Waals surface area contributed by atoms with Crippen LogP contribution < -0.4 is 5.73 Å². The fourth-order valence-corrected chi connectivity index (χ4v) is 4.21. The first kappa shape index (κ1) is 24.8. The van der Waals surface area contributed by atoms with Crippen molar-refractivity contribution >= 4 is 24.6 Å². The van der Waals surface area contributed by atoms with Gasteiger partial charge in [-0.25, -0.2) is 15.0 Å². The number of ether oxygens (including phenoxy) is 2. The largest absolute Gasteiger partial charge is 0.394 e. The molecular weight excluding hydrogens is 457 g/mol. The van der Waals surface area contributed by atoms with Gasteiger partial charge in [0.1, 0.15) is 48.5 Å². The van der Waals surface area contributed by atoms with Gasteiger partial charge in [-0.15, -0.1) is 0 Å². The van der Waals surface area contributed by atoms with E-state index in [0.29, 0.717) is 11.2 Å². The minimum absolute atomic E-state index is 0.218. The van der Waals surface area contributed by atoms with Gasteiger partial charge in [0.25, 0.3) is 0 Å². The molecule has 0 spiro atoms. The Bertz CT molecular complexity index is 972. The summed E-state index contributed by atoms with van der Waals surface area (Å²) in [5.74, 6) is -1.53. The molecule has 2 aliphatic rings. The lowest BCUT2D eigenvalue weighted by Crippen LogP contribution is -2.33. The van der Waals surface area contributed by atoms with Crippen molar-refractivity contribution in [1.82, 2.24) is 19.5 Å². The molecule has 2 aliphatic heterocycles. The third kappa shape index (κ3) is 4.61. The van der Waals surface area contributed by atoms with Crippen molar-refractivity contribution in [2.24, 2.45) is 0 Å². The quantitative estimate of drug-likeness (QED) is 0.187. The van der Waals surface area contributed by atoms with Crippen LogP contribution in [0.3, 0.4) is 0 Å². The highest BCUT2D eigenvalue weighted by atomic mass is 31.2. The Kier molecular flexibility index (Phi) is 7.43. The maximum absolute atomic E-state index is 10.7. The summed E-state index contributed by atoms with van der Waals surface area (Å²) in [5, 5.41) is 55.6. The molecule has 32 heavy (non-hydrogen) atoms. The molecule has 16 nitrogen and oxygen atoms in total. The third-order valence-corrected chi connectivity index (χ3v) is 6.12. The van der Waals surface area contributed by atoms with Crippen molar-refractivity contribution in [3.63, 3.8) is 0 Å². The molecule has 0 bridgehead atoms. The number of nitrogen functional groups attached to an aromatic ring is 1. The van der Waals surface area contributed by atoms with E-state index >= 15 is 0 Å². The van der Waals surface area contributed by atoms with Crippen LogP contribution in [0.1, 0.15) is 6.23 Å². The summed E-state index contributed by atoms with van der Waals surface area (Å²) in [6.07, 6.45) is -5.71. The molecule has 1 unspecified atom stereocenters. The Hall–Kier alpha value is -1.82. The van der Waals surface area contributed by atoms with Gasteiger partial charge in [0.05, 0.1) is 19.5 Å². The Morgan fingerprint density at radius 1 is 0.938 bits per heavy atom. The van der Waals surface area contributed by atoms with E-state index in [0.717, 1.165) is 0 Å². The van der Waals surface area contributed by atoms with Gasteiger partial charge in [0, 0.05) is 0 Å². The zero-order valence-corrected chi connectivity index (χ0v) is 17.2. The number of aliphatic hydroxyl groups is 6. The van der Waals surface area contributed by atoms with E-state index in [1.165, 1.54) is 17.2 Å². The second-order valence-corrected chi connectivity index (χ2v) is 8.82. The molecule has 10 N–H and O–H groups in total. The van der Waals surface area contributed by atoms with Crippen molar-refractivity contribution in [2.45, 2.75) is 48.7 Å². The number of aliphatic hydroxyl groups excluding tert-OH is 6. The smallest absolute Gasteiger partial charge is 0.356 e. The summed E-state index contributed by atoms with van der Waals surface area (Å²) in [4.78, 5) is 29.2. The van der Waals surface area contributed by atoms with Crippen LogP contribution in [0.2, 0.25) is 0 Å². The summed E-state index contributed by atoms with van der Waals surface area (Å²) in [6, 6.07) is 0. The minimum atomic E-state index is -4.60. The van der Waals surface area contributed by atoms with E-state index in [1.807, 2.05) is 0 Å². The molecule has 4 heterocycles. The average Bonchev–Trinajstić information content (AvgIpc) is 3.38. The summed E-state index contributed by atoms with van der Waals surface area (Å²) in [5.41, 5.74) is 6.44. The first-order valence-electron chi connectivity index (χ1n) is 9.24. The number of fused-ring (bicyclic) bond motifs is 1. The Morgan fingerprint density at radius 3 is 2.03 bits per heavy atom. The molecule has 0 aromatic carbocycles. The maximum atomic E-state index is 10.7. The van der Waals surface area contributed by atoms with E-state index in [1.54, 1.807) is 0 Å². The van der Waals surface area contributed by atoms with Gasteiger partial charge in [0.2, 0.25) is 0 Å². The molecule has 2 fully saturated rings. The second-order valence-electron chi connectivity index (χ2n) is 7.13.